The molecular weight excluding hydrogens is 523 g/mol. The number of benzene rings is 2. The van der Waals surface area contributed by atoms with Crippen molar-refractivity contribution >= 4 is 17.6 Å². The Morgan fingerprint density at radius 2 is 1.57 bits per heavy atom. The minimum Gasteiger partial charge on any atom is -0.499 e. The predicted molar refractivity (Wildman–Crippen MR) is 183 cm³/mol. The van der Waals surface area contributed by atoms with Crippen molar-refractivity contribution in [2.24, 2.45) is 4.99 Å². The highest BCUT2D eigenvalue weighted by atomic mass is 19.1. The smallest absolute Gasteiger partial charge is 0.168 e. The van der Waals surface area contributed by atoms with Crippen molar-refractivity contribution in [1.82, 2.24) is 4.90 Å². The summed E-state index contributed by atoms with van der Waals surface area (Å²) in [5.41, 5.74) is 7.27. The number of allylic oxidation sites excluding steroid dienone is 6. The molecule has 42 heavy (non-hydrogen) atoms. The fourth-order valence-electron chi connectivity index (χ4n) is 3.52. The minimum atomic E-state index is -0.265. The van der Waals surface area contributed by atoms with Crippen molar-refractivity contribution in [3.8, 4) is 0 Å². The van der Waals surface area contributed by atoms with Crippen LogP contribution in [0.25, 0.3) is 5.57 Å². The zero-order valence-corrected chi connectivity index (χ0v) is 28.7. The maximum absolute atomic E-state index is 13.4. The summed E-state index contributed by atoms with van der Waals surface area (Å²) < 4.78 is 18.7. The van der Waals surface area contributed by atoms with Crippen LogP contribution in [0.3, 0.4) is 0 Å². The van der Waals surface area contributed by atoms with E-state index in [1.54, 1.807) is 32.1 Å². The summed E-state index contributed by atoms with van der Waals surface area (Å²) in [6.45, 7) is 23.6. The van der Waals surface area contributed by atoms with Crippen molar-refractivity contribution in [3.05, 3.63) is 99.7 Å². The average Bonchev–Trinajstić information content (AvgIpc) is 2.96. The number of ether oxygens (including phenoxy) is 1. The molecule has 2 rings (SSSR count). The zero-order valence-electron chi connectivity index (χ0n) is 28.7. The average molecular weight is 581 g/mol. The number of carbonyl (C=O) groups is 1. The van der Waals surface area contributed by atoms with Gasteiger partial charge in [-0.05, 0) is 140 Å². The quantitative estimate of drug-likeness (QED) is 0.0923. The highest BCUT2D eigenvalue weighted by Gasteiger charge is 2.06. The van der Waals surface area contributed by atoms with Crippen LogP contribution in [0.5, 0.6) is 0 Å². The molecule has 0 saturated heterocycles. The molecule has 0 atom stereocenters. The standard InChI is InChI=1S/C20H24FNO2.C10H14.C5H13N.C2H6/c1-6-24-16(4)9-7-8-15(3)22-20(13-23)17(5)18-10-11-19(21)14(2)12-18;1-4-10-6-5-8(2)9(3)7-10;1-4-5-6(2)3;1-2/h7-13H,6H2,1-5H3;5-7H,4H2,1-3H3;4-5H2,1-3H3;1-2H3/b8-7-,16-9+,20-17+,22-15-;;;. The molecule has 0 N–H and O–H groups in total. The Bertz CT molecular complexity index is 1170. The summed E-state index contributed by atoms with van der Waals surface area (Å²) in [5.74, 6) is 0.545. The van der Waals surface area contributed by atoms with Crippen LogP contribution >= 0.6 is 0 Å². The highest BCUT2D eigenvalue weighted by molar-refractivity contribution is 5.98. The van der Waals surface area contributed by atoms with E-state index in [9.17, 15) is 9.18 Å². The molecule has 5 heteroatoms. The van der Waals surface area contributed by atoms with Gasteiger partial charge in [-0.25, -0.2) is 4.39 Å². The van der Waals surface area contributed by atoms with Gasteiger partial charge in [-0.3, -0.25) is 9.79 Å². The van der Waals surface area contributed by atoms with Crippen molar-refractivity contribution in [3.63, 3.8) is 0 Å². The van der Waals surface area contributed by atoms with Gasteiger partial charge in [0, 0.05) is 5.71 Å². The number of carbonyl (C=O) groups excluding carboxylic acids is 1. The van der Waals surface area contributed by atoms with Gasteiger partial charge in [0.25, 0.3) is 0 Å². The molecular formula is C37H57FN2O2. The third kappa shape index (κ3) is 18.2. The summed E-state index contributed by atoms with van der Waals surface area (Å²) in [6.07, 6.45) is 8.57. The molecule has 0 unspecified atom stereocenters. The molecule has 0 saturated carbocycles. The van der Waals surface area contributed by atoms with E-state index in [0.717, 1.165) is 17.7 Å². The van der Waals surface area contributed by atoms with Gasteiger partial charge < -0.3 is 9.64 Å². The molecule has 0 amide bonds. The molecule has 2 aromatic carbocycles. The van der Waals surface area contributed by atoms with Crippen molar-refractivity contribution in [1.29, 1.82) is 0 Å². The van der Waals surface area contributed by atoms with Crippen LogP contribution in [-0.4, -0.2) is 44.1 Å². The van der Waals surface area contributed by atoms with Gasteiger partial charge in [-0.1, -0.05) is 58.0 Å². The molecule has 0 bridgehead atoms. The van der Waals surface area contributed by atoms with Crippen LogP contribution in [0.2, 0.25) is 0 Å². The van der Waals surface area contributed by atoms with Crippen molar-refractivity contribution < 1.29 is 13.9 Å². The van der Waals surface area contributed by atoms with Gasteiger partial charge in [0.2, 0.25) is 0 Å². The molecule has 0 aliphatic rings. The predicted octanol–water partition coefficient (Wildman–Crippen LogP) is 9.87. The number of aliphatic imine (C=N–C) groups is 1. The van der Waals surface area contributed by atoms with Gasteiger partial charge in [-0.2, -0.15) is 0 Å². The Morgan fingerprint density at radius 1 is 0.929 bits per heavy atom. The van der Waals surface area contributed by atoms with Gasteiger partial charge in [0.15, 0.2) is 6.29 Å². The fourth-order valence-corrected chi connectivity index (χ4v) is 3.52. The van der Waals surface area contributed by atoms with E-state index in [1.165, 1.54) is 35.7 Å². The first-order valence-electron chi connectivity index (χ1n) is 15.1. The SMILES string of the molecule is CC.CCCN(C)C.CCO/C(C)=C/C=C\C(C)=N/C(C=O)=C(\C)c1ccc(F)c(C)c1.CCc1ccc(C)c(C)c1. The molecule has 234 valence electrons. The van der Waals surface area contributed by atoms with E-state index in [2.05, 4.69) is 69.9 Å². The third-order valence-electron chi connectivity index (χ3n) is 6.07. The number of aryl methyl sites for hydroxylation is 4. The molecule has 0 fully saturated rings. The maximum Gasteiger partial charge on any atom is 0.168 e. The fraction of sp³-hybridized carbons (Fsp3) is 0.459. The Labute approximate surface area is 257 Å². The number of aldehydes is 1. The largest absolute Gasteiger partial charge is 0.499 e. The van der Waals surface area contributed by atoms with E-state index in [0.29, 0.717) is 35.4 Å². The van der Waals surface area contributed by atoms with E-state index in [-0.39, 0.29) is 5.82 Å². The summed E-state index contributed by atoms with van der Waals surface area (Å²) in [6, 6.07) is 11.4. The van der Waals surface area contributed by atoms with Crippen molar-refractivity contribution in [2.45, 2.75) is 89.0 Å². The van der Waals surface area contributed by atoms with Gasteiger partial charge in [0.1, 0.15) is 11.5 Å². The topological polar surface area (TPSA) is 41.9 Å². The van der Waals surface area contributed by atoms with Crippen LogP contribution in [0.15, 0.2) is 71.1 Å². The Balaban J connectivity index is 0. The molecule has 4 nitrogen and oxygen atoms in total. The summed E-state index contributed by atoms with van der Waals surface area (Å²) in [5, 5.41) is 0. The number of hydrogen-bond acceptors (Lipinski definition) is 4. The van der Waals surface area contributed by atoms with E-state index in [1.807, 2.05) is 46.8 Å². The molecule has 0 spiro atoms. The van der Waals surface area contributed by atoms with E-state index >= 15 is 0 Å². The summed E-state index contributed by atoms with van der Waals surface area (Å²) in [4.78, 5) is 17.9. The molecule has 0 aliphatic carbocycles. The van der Waals surface area contributed by atoms with E-state index < -0.39 is 0 Å². The first-order valence-corrected chi connectivity index (χ1v) is 15.1. The molecule has 0 aromatic heterocycles. The molecule has 0 aliphatic heterocycles. The first kappa shape index (κ1) is 40.8. The van der Waals surface area contributed by atoms with Crippen molar-refractivity contribution in [2.75, 3.05) is 27.2 Å². The second kappa shape index (κ2) is 24.3. The number of hydrogen-bond donors (Lipinski definition) is 0. The number of halogens is 1. The third-order valence-corrected chi connectivity index (χ3v) is 6.07. The molecule has 0 heterocycles. The Morgan fingerprint density at radius 3 is 2.02 bits per heavy atom. The van der Waals surface area contributed by atoms with Crippen LogP contribution in [0.4, 0.5) is 4.39 Å². The lowest BCUT2D eigenvalue weighted by molar-refractivity contribution is -0.104. The van der Waals surface area contributed by atoms with Crippen LogP contribution < -0.4 is 0 Å². The van der Waals surface area contributed by atoms with Gasteiger partial charge >= 0.3 is 0 Å². The number of rotatable bonds is 10. The second-order valence-corrected chi connectivity index (χ2v) is 9.99. The van der Waals surface area contributed by atoms with Gasteiger partial charge in [-0.15, -0.1) is 0 Å². The normalized spacial score (nSPS) is 11.9. The first-order chi connectivity index (χ1) is 19.9. The summed E-state index contributed by atoms with van der Waals surface area (Å²) >= 11 is 0. The van der Waals surface area contributed by atoms with E-state index in [4.69, 9.17) is 4.74 Å². The number of nitrogens with zero attached hydrogens (tertiary/aromatic N) is 2. The lowest BCUT2D eigenvalue weighted by Crippen LogP contribution is -2.11. The van der Waals surface area contributed by atoms with Crippen LogP contribution in [-0.2, 0) is 16.0 Å². The van der Waals surface area contributed by atoms with Gasteiger partial charge in [0.05, 0.1) is 12.4 Å². The Hall–Kier alpha value is -3.31. The Kier molecular flexibility index (Phi) is 23.6. The maximum atomic E-state index is 13.4. The second-order valence-electron chi connectivity index (χ2n) is 9.99. The lowest BCUT2D eigenvalue weighted by atomic mass is 10.0. The lowest BCUT2D eigenvalue weighted by Gasteiger charge is -2.06. The van der Waals surface area contributed by atoms with Crippen LogP contribution in [0.1, 0.15) is 89.6 Å². The zero-order chi connectivity index (χ0) is 32.7. The summed E-state index contributed by atoms with van der Waals surface area (Å²) in [7, 11) is 4.17. The molecule has 0 radical (unpaired) electrons. The molecule has 2 aromatic rings. The minimum absolute atomic E-state index is 0.265. The van der Waals surface area contributed by atoms with Crippen LogP contribution in [0, 0.1) is 26.6 Å². The monoisotopic (exact) mass is 580 g/mol. The highest BCUT2D eigenvalue weighted by Crippen LogP contribution is 2.21.